The van der Waals surface area contributed by atoms with Gasteiger partial charge in [-0.3, -0.25) is 9.69 Å². The van der Waals surface area contributed by atoms with Gasteiger partial charge in [0.15, 0.2) is 0 Å². The van der Waals surface area contributed by atoms with E-state index in [0.29, 0.717) is 10.9 Å². The minimum absolute atomic E-state index is 0.0396. The highest BCUT2D eigenvalue weighted by atomic mass is 32.2. The van der Waals surface area contributed by atoms with Gasteiger partial charge in [-0.15, -0.1) is 0 Å². The van der Waals surface area contributed by atoms with Crippen molar-refractivity contribution in [1.29, 1.82) is 0 Å². The van der Waals surface area contributed by atoms with Gasteiger partial charge in [-0.1, -0.05) is 43.0 Å². The Morgan fingerprint density at radius 3 is 2.40 bits per heavy atom. The quantitative estimate of drug-likeness (QED) is 0.616. The second kappa shape index (κ2) is 6.10. The van der Waals surface area contributed by atoms with Crippen molar-refractivity contribution in [3.8, 4) is 0 Å². The van der Waals surface area contributed by atoms with Gasteiger partial charge < -0.3 is 0 Å². The Hall–Kier alpha value is -1.13. The molecule has 0 radical (unpaired) electrons. The number of benzene rings is 1. The van der Waals surface area contributed by atoms with Crippen molar-refractivity contribution < 1.29 is 4.79 Å². The van der Waals surface area contributed by atoms with E-state index in [9.17, 15) is 4.79 Å². The monoisotopic (exact) mass is 305 g/mol. The summed E-state index contributed by atoms with van der Waals surface area (Å²) in [6.07, 6.45) is 2.87. The molecule has 1 aliphatic rings. The molecule has 106 valence electrons. The summed E-state index contributed by atoms with van der Waals surface area (Å²) >= 11 is 6.68. The Kier molecular flexibility index (Phi) is 4.66. The topological polar surface area (TPSA) is 20.3 Å². The number of hydrogen-bond donors (Lipinski definition) is 0. The largest absolute Gasteiger partial charge is 0.293 e. The highest BCUT2D eigenvalue weighted by Gasteiger charge is 2.31. The summed E-state index contributed by atoms with van der Waals surface area (Å²) < 4.78 is 0.670. The molecule has 2 rings (SSSR count). The average molecular weight is 305 g/mol. The van der Waals surface area contributed by atoms with Crippen molar-refractivity contribution in [1.82, 2.24) is 4.90 Å². The Balaban J connectivity index is 2.33. The second-order valence-corrected chi connectivity index (χ2v) is 6.79. The predicted octanol–water partition coefficient (Wildman–Crippen LogP) is 4.22. The molecular weight excluding hydrogens is 286 g/mol. The number of carbonyl (C=O) groups is 1. The first-order valence-electron chi connectivity index (χ1n) is 6.77. The minimum atomic E-state index is 0.0396. The first-order valence-corrected chi connectivity index (χ1v) is 7.99. The predicted molar refractivity (Wildman–Crippen MR) is 90.8 cm³/mol. The molecule has 1 fully saturated rings. The molecule has 2 nitrogen and oxygen atoms in total. The molecule has 1 aromatic carbocycles. The zero-order valence-electron chi connectivity index (χ0n) is 12.3. The van der Waals surface area contributed by atoms with Crippen molar-refractivity contribution in [3.05, 3.63) is 39.3 Å². The van der Waals surface area contributed by atoms with E-state index in [2.05, 4.69) is 39.8 Å². The van der Waals surface area contributed by atoms with Crippen LogP contribution < -0.4 is 0 Å². The molecule has 1 aliphatic heterocycles. The van der Waals surface area contributed by atoms with Crippen LogP contribution in [0.15, 0.2) is 17.0 Å². The van der Waals surface area contributed by atoms with E-state index < -0.39 is 0 Å². The molecule has 0 saturated carbocycles. The van der Waals surface area contributed by atoms with E-state index >= 15 is 0 Å². The highest BCUT2D eigenvalue weighted by Crippen LogP contribution is 2.33. The number of carbonyl (C=O) groups excluding carboxylic acids is 1. The second-order valence-electron chi connectivity index (χ2n) is 5.11. The maximum absolute atomic E-state index is 12.3. The van der Waals surface area contributed by atoms with Gasteiger partial charge in [0.1, 0.15) is 4.32 Å². The molecule has 0 spiro atoms. The van der Waals surface area contributed by atoms with Gasteiger partial charge in [0, 0.05) is 6.54 Å². The van der Waals surface area contributed by atoms with E-state index in [1.165, 1.54) is 28.5 Å². The maximum atomic E-state index is 12.3. The summed E-state index contributed by atoms with van der Waals surface area (Å²) in [4.78, 5) is 14.7. The number of thiocarbonyl (C=S) groups is 1. The van der Waals surface area contributed by atoms with E-state index in [4.69, 9.17) is 12.2 Å². The molecule has 20 heavy (non-hydrogen) atoms. The van der Waals surface area contributed by atoms with Crippen molar-refractivity contribution in [2.45, 2.75) is 34.1 Å². The lowest BCUT2D eigenvalue weighted by Crippen LogP contribution is -2.28. The van der Waals surface area contributed by atoms with Gasteiger partial charge in [-0.2, -0.15) is 0 Å². The fourth-order valence-corrected chi connectivity index (χ4v) is 3.53. The Morgan fingerprint density at radius 1 is 1.25 bits per heavy atom. The van der Waals surface area contributed by atoms with E-state index in [0.717, 1.165) is 16.9 Å². The van der Waals surface area contributed by atoms with Crippen molar-refractivity contribution in [2.24, 2.45) is 0 Å². The highest BCUT2D eigenvalue weighted by molar-refractivity contribution is 8.26. The lowest BCUT2D eigenvalue weighted by atomic mass is 10.0. The van der Waals surface area contributed by atoms with Crippen molar-refractivity contribution in [2.75, 3.05) is 6.54 Å². The number of amides is 1. The molecule has 0 aliphatic carbocycles. The summed E-state index contributed by atoms with van der Waals surface area (Å²) in [6, 6.07) is 4.24. The third-order valence-electron chi connectivity index (χ3n) is 3.57. The molecule has 4 heteroatoms. The maximum Gasteiger partial charge on any atom is 0.266 e. The number of nitrogens with zero attached hydrogens (tertiary/aromatic N) is 1. The summed E-state index contributed by atoms with van der Waals surface area (Å²) in [5.74, 6) is 0.0396. The van der Waals surface area contributed by atoms with Crippen LogP contribution >= 0.6 is 24.0 Å². The lowest BCUT2D eigenvalue weighted by molar-refractivity contribution is -0.122. The van der Waals surface area contributed by atoms with Gasteiger partial charge in [0.05, 0.1) is 4.91 Å². The normalized spacial score (nSPS) is 17.4. The molecule has 0 atom stereocenters. The molecule has 0 aromatic heterocycles. The summed E-state index contributed by atoms with van der Waals surface area (Å²) in [5.41, 5.74) is 4.88. The van der Waals surface area contributed by atoms with Crippen LogP contribution in [0.1, 0.15) is 35.6 Å². The number of hydrogen-bond acceptors (Lipinski definition) is 3. The third-order valence-corrected chi connectivity index (χ3v) is 4.95. The average Bonchev–Trinajstić information content (AvgIpc) is 2.64. The number of aryl methyl sites for hydroxylation is 2. The van der Waals surface area contributed by atoms with Crippen molar-refractivity contribution in [3.63, 3.8) is 0 Å². The summed E-state index contributed by atoms with van der Waals surface area (Å²) in [5, 5.41) is 0. The van der Waals surface area contributed by atoms with Crippen LogP contribution in [0.2, 0.25) is 0 Å². The molecule has 1 heterocycles. The van der Waals surface area contributed by atoms with Crippen LogP contribution in [0.3, 0.4) is 0 Å². The van der Waals surface area contributed by atoms with Crippen LogP contribution in [0.5, 0.6) is 0 Å². The molecule has 1 aromatic rings. The SMILES string of the molecule is CCCN1C(=O)/C(=C/c2cc(C)c(C)c(C)c2)SC1=S. The van der Waals surface area contributed by atoms with Crippen LogP contribution in [0, 0.1) is 20.8 Å². The Labute approximate surface area is 130 Å². The van der Waals surface area contributed by atoms with Crippen LogP contribution in [0.25, 0.3) is 6.08 Å². The van der Waals surface area contributed by atoms with Gasteiger partial charge >= 0.3 is 0 Å². The first-order chi connectivity index (χ1) is 9.43. The first kappa shape index (κ1) is 15.3. The van der Waals surface area contributed by atoms with Crippen LogP contribution in [0.4, 0.5) is 0 Å². The zero-order chi connectivity index (χ0) is 14.9. The van der Waals surface area contributed by atoms with Gasteiger partial charge in [0.2, 0.25) is 0 Å². The lowest BCUT2D eigenvalue weighted by Gasteiger charge is -2.12. The minimum Gasteiger partial charge on any atom is -0.293 e. The summed E-state index contributed by atoms with van der Waals surface area (Å²) in [7, 11) is 0. The van der Waals surface area contributed by atoms with E-state index in [1.807, 2.05) is 6.08 Å². The Morgan fingerprint density at radius 2 is 1.85 bits per heavy atom. The molecule has 0 bridgehead atoms. The fraction of sp³-hybridized carbons (Fsp3) is 0.375. The van der Waals surface area contributed by atoms with Gasteiger partial charge in [0.25, 0.3) is 5.91 Å². The molecule has 0 N–H and O–H groups in total. The van der Waals surface area contributed by atoms with E-state index in [1.54, 1.807) is 4.90 Å². The Bertz CT molecular complexity index is 581. The zero-order valence-corrected chi connectivity index (χ0v) is 14.0. The van der Waals surface area contributed by atoms with Crippen LogP contribution in [-0.2, 0) is 4.79 Å². The molecule has 1 saturated heterocycles. The van der Waals surface area contributed by atoms with E-state index in [-0.39, 0.29) is 5.91 Å². The molecular formula is C16H19NOS2. The smallest absolute Gasteiger partial charge is 0.266 e. The molecule has 0 unspecified atom stereocenters. The number of rotatable bonds is 3. The third kappa shape index (κ3) is 2.96. The fourth-order valence-electron chi connectivity index (χ4n) is 2.22. The summed E-state index contributed by atoms with van der Waals surface area (Å²) in [6.45, 7) is 9.07. The number of thioether (sulfide) groups is 1. The van der Waals surface area contributed by atoms with Crippen molar-refractivity contribution >= 4 is 40.3 Å². The standard InChI is InChI=1S/C16H19NOS2/c1-5-6-17-15(18)14(20-16(17)19)9-13-7-10(2)12(4)11(3)8-13/h7-9H,5-6H2,1-4H3/b14-9-. The molecule has 1 amide bonds. The van der Waals surface area contributed by atoms with Gasteiger partial charge in [-0.05, 0) is 55.5 Å². The van der Waals surface area contributed by atoms with Gasteiger partial charge in [-0.25, -0.2) is 0 Å². The van der Waals surface area contributed by atoms with Crippen LogP contribution in [-0.4, -0.2) is 21.7 Å².